The standard InChI is InChI=1S/C10H12BrNO/c1-7-2-3-8(6-9(7)11)10(13)4-5-12/h2-3,6H,4-5,12H2,1H3. The Balaban J connectivity index is 2.90. The van der Waals surface area contributed by atoms with Gasteiger partial charge in [-0.15, -0.1) is 0 Å². The molecule has 0 spiro atoms. The van der Waals surface area contributed by atoms with Gasteiger partial charge in [0.25, 0.3) is 0 Å². The summed E-state index contributed by atoms with van der Waals surface area (Å²) in [4.78, 5) is 11.4. The van der Waals surface area contributed by atoms with E-state index in [1.54, 1.807) is 0 Å². The quantitative estimate of drug-likeness (QED) is 0.826. The molecule has 0 bridgehead atoms. The van der Waals surface area contributed by atoms with Crippen molar-refractivity contribution in [2.75, 3.05) is 6.54 Å². The lowest BCUT2D eigenvalue weighted by Gasteiger charge is -2.02. The van der Waals surface area contributed by atoms with Crippen LogP contribution in [0, 0.1) is 6.92 Å². The number of benzene rings is 1. The molecule has 0 unspecified atom stereocenters. The first-order valence-corrected chi connectivity index (χ1v) is 4.94. The van der Waals surface area contributed by atoms with Gasteiger partial charge in [0.1, 0.15) is 0 Å². The third kappa shape index (κ3) is 2.64. The van der Waals surface area contributed by atoms with E-state index in [0.717, 1.165) is 15.6 Å². The molecule has 0 radical (unpaired) electrons. The summed E-state index contributed by atoms with van der Waals surface area (Å²) in [6.45, 7) is 2.39. The summed E-state index contributed by atoms with van der Waals surface area (Å²) >= 11 is 3.38. The fourth-order valence-electron chi connectivity index (χ4n) is 1.04. The zero-order chi connectivity index (χ0) is 9.84. The first-order valence-electron chi connectivity index (χ1n) is 4.14. The second-order valence-corrected chi connectivity index (χ2v) is 3.78. The van der Waals surface area contributed by atoms with Crippen molar-refractivity contribution in [3.05, 3.63) is 33.8 Å². The maximum absolute atomic E-state index is 11.4. The molecule has 0 atom stereocenters. The molecule has 1 aromatic carbocycles. The smallest absolute Gasteiger partial charge is 0.164 e. The normalized spacial score (nSPS) is 10.1. The van der Waals surface area contributed by atoms with Gasteiger partial charge in [0.2, 0.25) is 0 Å². The number of hydrogen-bond donors (Lipinski definition) is 1. The van der Waals surface area contributed by atoms with Crippen LogP contribution in [-0.4, -0.2) is 12.3 Å². The molecule has 0 aliphatic heterocycles. The average Bonchev–Trinajstić information content (AvgIpc) is 2.10. The number of halogens is 1. The minimum atomic E-state index is 0.100. The van der Waals surface area contributed by atoms with E-state index in [1.807, 2.05) is 25.1 Å². The Labute approximate surface area is 86.3 Å². The Kier molecular flexibility index (Phi) is 3.63. The fraction of sp³-hybridized carbons (Fsp3) is 0.300. The zero-order valence-electron chi connectivity index (χ0n) is 7.51. The van der Waals surface area contributed by atoms with Gasteiger partial charge in [-0.25, -0.2) is 0 Å². The maximum atomic E-state index is 11.4. The summed E-state index contributed by atoms with van der Waals surface area (Å²) in [6.07, 6.45) is 0.412. The van der Waals surface area contributed by atoms with Crippen molar-refractivity contribution >= 4 is 21.7 Å². The Bertz CT molecular complexity index is 323. The first kappa shape index (κ1) is 10.4. The highest BCUT2D eigenvalue weighted by atomic mass is 79.9. The molecule has 0 heterocycles. The van der Waals surface area contributed by atoms with E-state index in [9.17, 15) is 4.79 Å². The molecule has 0 amide bonds. The molecule has 1 rings (SSSR count). The number of carbonyl (C=O) groups excluding carboxylic acids is 1. The molecular formula is C10H12BrNO. The van der Waals surface area contributed by atoms with Crippen LogP contribution in [-0.2, 0) is 0 Å². The average molecular weight is 242 g/mol. The number of ketones is 1. The lowest BCUT2D eigenvalue weighted by Crippen LogP contribution is -2.08. The number of carbonyl (C=O) groups is 1. The Morgan fingerprint density at radius 2 is 2.23 bits per heavy atom. The van der Waals surface area contributed by atoms with Crippen molar-refractivity contribution in [1.29, 1.82) is 0 Å². The number of hydrogen-bond acceptors (Lipinski definition) is 2. The zero-order valence-corrected chi connectivity index (χ0v) is 9.10. The van der Waals surface area contributed by atoms with Gasteiger partial charge in [-0.1, -0.05) is 28.1 Å². The largest absolute Gasteiger partial charge is 0.330 e. The summed E-state index contributed by atoms with van der Waals surface area (Å²) in [7, 11) is 0. The topological polar surface area (TPSA) is 43.1 Å². The predicted molar refractivity (Wildman–Crippen MR) is 56.9 cm³/mol. The van der Waals surface area contributed by atoms with Gasteiger partial charge in [0.05, 0.1) is 0 Å². The molecule has 2 N–H and O–H groups in total. The van der Waals surface area contributed by atoms with Crippen LogP contribution in [0.2, 0.25) is 0 Å². The molecule has 0 saturated carbocycles. The second kappa shape index (κ2) is 4.53. The Morgan fingerprint density at radius 3 is 2.77 bits per heavy atom. The fourth-order valence-corrected chi connectivity index (χ4v) is 1.42. The van der Waals surface area contributed by atoms with Crippen molar-refractivity contribution < 1.29 is 4.79 Å². The van der Waals surface area contributed by atoms with Crippen LogP contribution in [0.3, 0.4) is 0 Å². The van der Waals surface area contributed by atoms with Gasteiger partial charge >= 0.3 is 0 Å². The van der Waals surface area contributed by atoms with Crippen LogP contribution in [0.5, 0.6) is 0 Å². The molecule has 1 aromatic rings. The summed E-state index contributed by atoms with van der Waals surface area (Å²) in [6, 6.07) is 5.60. The first-order chi connectivity index (χ1) is 6.15. The highest BCUT2D eigenvalue weighted by Gasteiger charge is 2.05. The Morgan fingerprint density at radius 1 is 1.54 bits per heavy atom. The summed E-state index contributed by atoms with van der Waals surface area (Å²) in [5.74, 6) is 0.100. The van der Waals surface area contributed by atoms with Gasteiger partial charge in [-0.3, -0.25) is 4.79 Å². The third-order valence-corrected chi connectivity index (χ3v) is 2.72. The van der Waals surface area contributed by atoms with E-state index >= 15 is 0 Å². The van der Waals surface area contributed by atoms with Crippen LogP contribution >= 0.6 is 15.9 Å². The van der Waals surface area contributed by atoms with Crippen LogP contribution in [0.25, 0.3) is 0 Å². The molecular weight excluding hydrogens is 230 g/mol. The van der Waals surface area contributed by atoms with E-state index < -0.39 is 0 Å². The molecule has 2 nitrogen and oxygen atoms in total. The molecule has 13 heavy (non-hydrogen) atoms. The van der Waals surface area contributed by atoms with E-state index in [2.05, 4.69) is 15.9 Å². The molecule has 0 fully saturated rings. The molecule has 70 valence electrons. The number of nitrogens with two attached hydrogens (primary N) is 1. The van der Waals surface area contributed by atoms with Crippen molar-refractivity contribution in [2.24, 2.45) is 5.73 Å². The van der Waals surface area contributed by atoms with E-state index in [-0.39, 0.29) is 5.78 Å². The van der Waals surface area contributed by atoms with Crippen LogP contribution in [0.4, 0.5) is 0 Å². The van der Waals surface area contributed by atoms with E-state index in [0.29, 0.717) is 13.0 Å². The monoisotopic (exact) mass is 241 g/mol. The summed E-state index contributed by atoms with van der Waals surface area (Å²) < 4.78 is 0.968. The SMILES string of the molecule is Cc1ccc(C(=O)CCN)cc1Br. The minimum absolute atomic E-state index is 0.100. The third-order valence-electron chi connectivity index (χ3n) is 1.87. The lowest BCUT2D eigenvalue weighted by molar-refractivity contribution is 0.0985. The van der Waals surface area contributed by atoms with Crippen molar-refractivity contribution in [3.63, 3.8) is 0 Å². The van der Waals surface area contributed by atoms with Gasteiger partial charge in [0, 0.05) is 16.5 Å². The lowest BCUT2D eigenvalue weighted by atomic mass is 10.1. The van der Waals surface area contributed by atoms with Crippen LogP contribution in [0.1, 0.15) is 22.3 Å². The van der Waals surface area contributed by atoms with E-state index in [4.69, 9.17) is 5.73 Å². The predicted octanol–water partition coefficient (Wildman–Crippen LogP) is 2.29. The molecule has 0 aliphatic carbocycles. The molecule has 3 heteroatoms. The van der Waals surface area contributed by atoms with Crippen molar-refractivity contribution in [2.45, 2.75) is 13.3 Å². The maximum Gasteiger partial charge on any atom is 0.164 e. The molecule has 0 aromatic heterocycles. The molecule has 0 saturated heterocycles. The van der Waals surface area contributed by atoms with Gasteiger partial charge in [0.15, 0.2) is 5.78 Å². The van der Waals surface area contributed by atoms with Gasteiger partial charge in [-0.05, 0) is 25.1 Å². The van der Waals surface area contributed by atoms with Gasteiger partial charge < -0.3 is 5.73 Å². The summed E-state index contributed by atoms with van der Waals surface area (Å²) in [5, 5.41) is 0. The number of aryl methyl sites for hydroxylation is 1. The highest BCUT2D eigenvalue weighted by molar-refractivity contribution is 9.10. The summed E-state index contributed by atoms with van der Waals surface area (Å²) in [5.41, 5.74) is 7.16. The minimum Gasteiger partial charge on any atom is -0.330 e. The van der Waals surface area contributed by atoms with Crippen LogP contribution in [0.15, 0.2) is 22.7 Å². The Hall–Kier alpha value is -0.670. The van der Waals surface area contributed by atoms with E-state index in [1.165, 1.54) is 0 Å². The highest BCUT2D eigenvalue weighted by Crippen LogP contribution is 2.18. The second-order valence-electron chi connectivity index (χ2n) is 2.93. The van der Waals surface area contributed by atoms with Crippen molar-refractivity contribution in [1.82, 2.24) is 0 Å². The van der Waals surface area contributed by atoms with Gasteiger partial charge in [-0.2, -0.15) is 0 Å². The van der Waals surface area contributed by atoms with Crippen molar-refractivity contribution in [3.8, 4) is 0 Å². The molecule has 0 aliphatic rings. The van der Waals surface area contributed by atoms with Crippen LogP contribution < -0.4 is 5.73 Å². The number of rotatable bonds is 3. The number of Topliss-reactive ketones (excluding diaryl/α,β-unsaturated/α-hetero) is 1.